The van der Waals surface area contributed by atoms with Crippen LogP contribution in [-0.4, -0.2) is 27.2 Å². The molecule has 0 heterocycles. The molecule has 0 bridgehead atoms. The Labute approximate surface area is 163 Å². The van der Waals surface area contributed by atoms with Crippen molar-refractivity contribution < 1.29 is 19.0 Å². The molecule has 1 unspecified atom stereocenters. The summed E-state index contributed by atoms with van der Waals surface area (Å²) in [7, 11) is 4.64. The topological polar surface area (TPSA) is 56.8 Å². The first-order valence-corrected chi connectivity index (χ1v) is 8.68. The number of benzene rings is 2. The summed E-state index contributed by atoms with van der Waals surface area (Å²) in [6.45, 7) is 1.88. The maximum Gasteiger partial charge on any atom is 0.224 e. The van der Waals surface area contributed by atoms with Crippen molar-refractivity contribution in [3.8, 4) is 17.2 Å². The van der Waals surface area contributed by atoms with Crippen LogP contribution in [0.4, 0.5) is 0 Å². The summed E-state index contributed by atoms with van der Waals surface area (Å²) in [6.07, 6.45) is 0.158. The van der Waals surface area contributed by atoms with Crippen LogP contribution in [0.3, 0.4) is 0 Å². The van der Waals surface area contributed by atoms with E-state index in [-0.39, 0.29) is 18.4 Å². The van der Waals surface area contributed by atoms with E-state index in [4.69, 9.17) is 37.4 Å². The minimum Gasteiger partial charge on any atom is -0.493 e. The number of ether oxygens (including phenoxy) is 3. The molecular formula is C19H21Cl2NO4. The van der Waals surface area contributed by atoms with Crippen molar-refractivity contribution in [1.82, 2.24) is 5.32 Å². The van der Waals surface area contributed by atoms with Gasteiger partial charge >= 0.3 is 0 Å². The van der Waals surface area contributed by atoms with Gasteiger partial charge < -0.3 is 19.5 Å². The molecule has 0 saturated heterocycles. The van der Waals surface area contributed by atoms with Gasteiger partial charge in [0.25, 0.3) is 0 Å². The lowest BCUT2D eigenvalue weighted by Crippen LogP contribution is -2.28. The Balaban J connectivity index is 2.16. The lowest BCUT2D eigenvalue weighted by Gasteiger charge is -2.19. The van der Waals surface area contributed by atoms with Crippen molar-refractivity contribution in [2.24, 2.45) is 0 Å². The third kappa shape index (κ3) is 4.74. The molecule has 0 radical (unpaired) electrons. The van der Waals surface area contributed by atoms with E-state index in [1.165, 1.54) is 0 Å². The van der Waals surface area contributed by atoms with E-state index in [0.717, 1.165) is 5.56 Å². The molecule has 0 aromatic heterocycles. The second-order valence-corrected chi connectivity index (χ2v) is 6.50. The molecule has 0 aliphatic carbocycles. The largest absolute Gasteiger partial charge is 0.493 e. The summed E-state index contributed by atoms with van der Waals surface area (Å²) in [5.74, 6) is 1.41. The van der Waals surface area contributed by atoms with Crippen LogP contribution in [0, 0.1) is 0 Å². The van der Waals surface area contributed by atoms with E-state index in [2.05, 4.69) is 5.32 Å². The van der Waals surface area contributed by atoms with E-state index in [0.29, 0.717) is 32.9 Å². The highest BCUT2D eigenvalue weighted by Gasteiger charge is 2.18. The lowest BCUT2D eigenvalue weighted by molar-refractivity contribution is -0.121. The van der Waals surface area contributed by atoms with Crippen molar-refractivity contribution in [2.75, 3.05) is 21.3 Å². The minimum atomic E-state index is -0.262. The maximum atomic E-state index is 12.4. The standard InChI is InChI=1S/C19H21Cl2NO4/c1-11(13-7-16(24-2)19(26-4)17(8-13)25-3)22-18(23)9-12-5-6-14(20)10-15(12)21/h5-8,10-11H,9H2,1-4H3,(H,22,23). The van der Waals surface area contributed by atoms with Gasteiger partial charge in [0.2, 0.25) is 11.7 Å². The average Bonchev–Trinajstić information content (AvgIpc) is 2.62. The zero-order chi connectivity index (χ0) is 19.3. The van der Waals surface area contributed by atoms with Gasteiger partial charge in [-0.05, 0) is 42.3 Å². The Kier molecular flexibility index (Phi) is 7.00. The van der Waals surface area contributed by atoms with Crippen LogP contribution in [0.2, 0.25) is 10.0 Å². The number of hydrogen-bond acceptors (Lipinski definition) is 4. The zero-order valence-corrected chi connectivity index (χ0v) is 16.6. The number of rotatable bonds is 7. The van der Waals surface area contributed by atoms with Gasteiger partial charge in [-0.15, -0.1) is 0 Å². The van der Waals surface area contributed by atoms with Gasteiger partial charge in [0, 0.05) is 10.0 Å². The number of carbonyl (C=O) groups excluding carboxylic acids is 1. The highest BCUT2D eigenvalue weighted by Crippen LogP contribution is 2.39. The molecule has 7 heteroatoms. The van der Waals surface area contributed by atoms with Crippen molar-refractivity contribution in [3.63, 3.8) is 0 Å². The van der Waals surface area contributed by atoms with E-state index in [9.17, 15) is 4.79 Å². The number of nitrogens with one attached hydrogen (secondary N) is 1. The number of methoxy groups -OCH3 is 3. The summed E-state index contributed by atoms with van der Waals surface area (Å²) in [6, 6.07) is 8.42. The first kappa shape index (κ1) is 20.2. The SMILES string of the molecule is COc1cc(C(C)NC(=O)Cc2ccc(Cl)cc2Cl)cc(OC)c1OC. The molecular weight excluding hydrogens is 377 g/mol. The number of carbonyl (C=O) groups is 1. The predicted molar refractivity (Wildman–Crippen MR) is 103 cm³/mol. The molecule has 2 aromatic rings. The van der Waals surface area contributed by atoms with Crippen LogP contribution in [0.15, 0.2) is 30.3 Å². The Bertz CT molecular complexity index is 770. The van der Waals surface area contributed by atoms with Crippen LogP contribution in [0.25, 0.3) is 0 Å². The summed E-state index contributed by atoms with van der Waals surface area (Å²) < 4.78 is 16.0. The van der Waals surface area contributed by atoms with Gasteiger partial charge in [0.05, 0.1) is 33.8 Å². The monoisotopic (exact) mass is 397 g/mol. The molecule has 0 fully saturated rings. The van der Waals surface area contributed by atoms with Gasteiger partial charge in [-0.1, -0.05) is 29.3 Å². The highest BCUT2D eigenvalue weighted by molar-refractivity contribution is 6.35. The molecule has 1 atom stereocenters. The smallest absolute Gasteiger partial charge is 0.224 e. The summed E-state index contributed by atoms with van der Waals surface area (Å²) >= 11 is 12.0. The fraction of sp³-hybridized carbons (Fsp3) is 0.316. The van der Waals surface area contributed by atoms with E-state index in [1.54, 1.807) is 39.5 Å². The molecule has 0 aliphatic rings. The van der Waals surface area contributed by atoms with Crippen molar-refractivity contribution >= 4 is 29.1 Å². The molecule has 26 heavy (non-hydrogen) atoms. The predicted octanol–water partition coefficient (Wildman–Crippen LogP) is 4.44. The van der Waals surface area contributed by atoms with Crippen molar-refractivity contribution in [2.45, 2.75) is 19.4 Å². The molecule has 5 nitrogen and oxygen atoms in total. The molecule has 0 spiro atoms. The zero-order valence-electron chi connectivity index (χ0n) is 15.1. The third-order valence-electron chi connectivity index (χ3n) is 3.93. The molecule has 2 aromatic carbocycles. The van der Waals surface area contributed by atoms with Gasteiger partial charge in [0.1, 0.15) is 0 Å². The molecule has 1 N–H and O–H groups in total. The van der Waals surface area contributed by atoms with E-state index in [1.807, 2.05) is 19.1 Å². The fourth-order valence-electron chi connectivity index (χ4n) is 2.57. The number of amides is 1. The molecule has 0 saturated carbocycles. The lowest BCUT2D eigenvalue weighted by atomic mass is 10.1. The van der Waals surface area contributed by atoms with Crippen molar-refractivity contribution in [1.29, 1.82) is 0 Å². The van der Waals surface area contributed by atoms with E-state index < -0.39 is 0 Å². The average molecular weight is 398 g/mol. The maximum absolute atomic E-state index is 12.4. The molecule has 1 amide bonds. The Morgan fingerprint density at radius 1 is 1.04 bits per heavy atom. The number of hydrogen-bond donors (Lipinski definition) is 1. The van der Waals surface area contributed by atoms with Gasteiger partial charge in [-0.25, -0.2) is 0 Å². The first-order chi connectivity index (χ1) is 12.4. The minimum absolute atomic E-state index is 0.157. The third-order valence-corrected chi connectivity index (χ3v) is 4.52. The Morgan fingerprint density at radius 3 is 2.15 bits per heavy atom. The highest BCUT2D eigenvalue weighted by atomic mass is 35.5. The molecule has 2 rings (SSSR count). The van der Waals surface area contributed by atoms with Crippen molar-refractivity contribution in [3.05, 3.63) is 51.5 Å². The van der Waals surface area contributed by atoms with Crippen LogP contribution < -0.4 is 19.5 Å². The quantitative estimate of drug-likeness (QED) is 0.749. The van der Waals surface area contributed by atoms with Gasteiger partial charge in [0.15, 0.2) is 11.5 Å². The normalized spacial score (nSPS) is 11.6. The van der Waals surface area contributed by atoms with Crippen LogP contribution in [0.5, 0.6) is 17.2 Å². The first-order valence-electron chi connectivity index (χ1n) is 7.92. The summed E-state index contributed by atoms with van der Waals surface area (Å²) in [5.41, 5.74) is 1.54. The summed E-state index contributed by atoms with van der Waals surface area (Å²) in [5, 5.41) is 3.94. The van der Waals surface area contributed by atoms with Crippen LogP contribution in [-0.2, 0) is 11.2 Å². The van der Waals surface area contributed by atoms with Gasteiger partial charge in [-0.2, -0.15) is 0 Å². The second kappa shape index (κ2) is 9.01. The van der Waals surface area contributed by atoms with Crippen LogP contribution >= 0.6 is 23.2 Å². The Hall–Kier alpha value is -2.11. The Morgan fingerprint density at radius 2 is 1.65 bits per heavy atom. The molecule has 0 aliphatic heterocycles. The fourth-order valence-corrected chi connectivity index (χ4v) is 3.04. The van der Waals surface area contributed by atoms with Gasteiger partial charge in [-0.3, -0.25) is 4.79 Å². The van der Waals surface area contributed by atoms with E-state index >= 15 is 0 Å². The van der Waals surface area contributed by atoms with Crippen LogP contribution in [0.1, 0.15) is 24.1 Å². The molecule has 140 valence electrons. The summed E-state index contributed by atoms with van der Waals surface area (Å²) in [4.78, 5) is 12.4. The second-order valence-electron chi connectivity index (χ2n) is 5.66. The number of halogens is 2.